The van der Waals surface area contributed by atoms with Gasteiger partial charge in [-0.15, -0.1) is 0 Å². The zero-order valence-corrected chi connectivity index (χ0v) is 15.3. The maximum atomic E-state index is 11.9. The van der Waals surface area contributed by atoms with E-state index in [9.17, 15) is 4.79 Å². The summed E-state index contributed by atoms with van der Waals surface area (Å²) in [6, 6.07) is 3.67. The van der Waals surface area contributed by atoms with E-state index in [0.29, 0.717) is 6.61 Å². The lowest BCUT2D eigenvalue weighted by atomic mass is 9.93. The minimum atomic E-state index is -1.90. The molecule has 3 atom stereocenters. The Balaban J connectivity index is 1.93. The summed E-state index contributed by atoms with van der Waals surface area (Å²) in [4.78, 5) is 11.9. The third kappa shape index (κ3) is 3.61. The van der Waals surface area contributed by atoms with Crippen LogP contribution < -0.4 is 5.32 Å². The standard InChI is InChI=1S/C16H27NO4Si/c1-11(21-22(5,6)16(2,3)4)13-14(18)17-15(13)20-10-12-8-7-9-19-12/h7-9,11,13,15H,10H2,1-6H3,(H,17,18)/t11-,13+,15-/m1/s1. The highest BCUT2D eigenvalue weighted by Crippen LogP contribution is 2.39. The molecular formula is C16H27NO4Si. The molecule has 1 N–H and O–H groups in total. The van der Waals surface area contributed by atoms with Crippen molar-refractivity contribution in [1.82, 2.24) is 5.32 Å². The van der Waals surface area contributed by atoms with Gasteiger partial charge in [0.05, 0.1) is 12.4 Å². The quantitative estimate of drug-likeness (QED) is 0.644. The van der Waals surface area contributed by atoms with Crippen molar-refractivity contribution < 1.29 is 18.4 Å². The van der Waals surface area contributed by atoms with Gasteiger partial charge in [-0.05, 0) is 37.2 Å². The number of hydrogen-bond acceptors (Lipinski definition) is 4. The minimum absolute atomic E-state index is 0.00402. The van der Waals surface area contributed by atoms with E-state index in [4.69, 9.17) is 13.6 Å². The number of amides is 1. The Kier molecular flexibility index (Phi) is 4.84. The van der Waals surface area contributed by atoms with Gasteiger partial charge in [0.15, 0.2) is 8.32 Å². The molecule has 5 nitrogen and oxygen atoms in total. The summed E-state index contributed by atoms with van der Waals surface area (Å²) in [6.07, 6.45) is 1.15. The largest absolute Gasteiger partial charge is 0.467 e. The summed E-state index contributed by atoms with van der Waals surface area (Å²) in [5.41, 5.74) is 0. The van der Waals surface area contributed by atoms with Crippen LogP contribution in [0.2, 0.25) is 18.1 Å². The first-order valence-electron chi connectivity index (χ1n) is 7.74. The second-order valence-electron chi connectivity index (χ2n) is 7.43. The number of rotatable bonds is 6. The van der Waals surface area contributed by atoms with Gasteiger partial charge in [-0.2, -0.15) is 0 Å². The van der Waals surface area contributed by atoms with E-state index in [1.54, 1.807) is 6.26 Å². The van der Waals surface area contributed by atoms with Crippen LogP contribution in [0.3, 0.4) is 0 Å². The summed E-state index contributed by atoms with van der Waals surface area (Å²) in [7, 11) is -1.90. The van der Waals surface area contributed by atoms with Crippen LogP contribution in [0.1, 0.15) is 33.5 Å². The molecule has 0 unspecified atom stereocenters. The van der Waals surface area contributed by atoms with Crippen LogP contribution in [-0.2, 0) is 20.6 Å². The predicted octanol–water partition coefficient (Wildman–Crippen LogP) is 3.28. The Morgan fingerprint density at radius 1 is 1.41 bits per heavy atom. The second-order valence-corrected chi connectivity index (χ2v) is 12.2. The topological polar surface area (TPSA) is 60.7 Å². The van der Waals surface area contributed by atoms with E-state index in [1.165, 1.54) is 0 Å². The van der Waals surface area contributed by atoms with Crippen molar-refractivity contribution >= 4 is 14.2 Å². The number of carbonyl (C=O) groups is 1. The lowest BCUT2D eigenvalue weighted by Gasteiger charge is -2.44. The molecule has 2 rings (SSSR count). The smallest absolute Gasteiger partial charge is 0.232 e. The normalized spacial score (nSPS) is 23.8. The third-order valence-electron chi connectivity index (χ3n) is 4.69. The lowest BCUT2D eigenvalue weighted by molar-refractivity contribution is -0.164. The van der Waals surface area contributed by atoms with Crippen molar-refractivity contribution in [3.63, 3.8) is 0 Å². The van der Waals surface area contributed by atoms with Crippen molar-refractivity contribution in [3.05, 3.63) is 24.2 Å². The van der Waals surface area contributed by atoms with Crippen LogP contribution in [0, 0.1) is 5.92 Å². The maximum Gasteiger partial charge on any atom is 0.232 e. The molecule has 1 amide bonds. The number of furan rings is 1. The molecule has 2 heterocycles. The van der Waals surface area contributed by atoms with Crippen LogP contribution in [0.25, 0.3) is 0 Å². The zero-order chi connectivity index (χ0) is 16.5. The number of hydrogen-bond donors (Lipinski definition) is 1. The van der Waals surface area contributed by atoms with E-state index < -0.39 is 8.32 Å². The molecule has 1 saturated heterocycles. The van der Waals surface area contributed by atoms with Crippen LogP contribution in [-0.4, -0.2) is 26.6 Å². The third-order valence-corrected chi connectivity index (χ3v) is 9.26. The summed E-state index contributed by atoms with van der Waals surface area (Å²) in [5.74, 6) is 0.484. The van der Waals surface area contributed by atoms with Gasteiger partial charge in [-0.3, -0.25) is 4.79 Å². The first kappa shape index (κ1) is 17.2. The summed E-state index contributed by atoms with van der Waals surface area (Å²) >= 11 is 0. The molecule has 6 heteroatoms. The fourth-order valence-electron chi connectivity index (χ4n) is 2.25. The van der Waals surface area contributed by atoms with E-state index >= 15 is 0 Å². The summed E-state index contributed by atoms with van der Waals surface area (Å²) in [5, 5.41) is 2.91. The Morgan fingerprint density at radius 3 is 2.59 bits per heavy atom. The fourth-order valence-corrected chi connectivity index (χ4v) is 3.68. The Bertz CT molecular complexity index is 507. The van der Waals surface area contributed by atoms with Crippen molar-refractivity contribution in [2.75, 3.05) is 0 Å². The first-order chi connectivity index (χ1) is 10.1. The lowest BCUT2D eigenvalue weighted by Crippen LogP contribution is -2.64. The van der Waals surface area contributed by atoms with Crippen molar-refractivity contribution in [2.24, 2.45) is 5.92 Å². The van der Waals surface area contributed by atoms with Gasteiger partial charge >= 0.3 is 0 Å². The molecule has 0 aliphatic carbocycles. The van der Waals surface area contributed by atoms with Crippen LogP contribution in [0.4, 0.5) is 0 Å². The van der Waals surface area contributed by atoms with Gasteiger partial charge in [0.1, 0.15) is 24.5 Å². The Labute approximate surface area is 133 Å². The Morgan fingerprint density at radius 2 is 2.09 bits per heavy atom. The minimum Gasteiger partial charge on any atom is -0.467 e. The predicted molar refractivity (Wildman–Crippen MR) is 86.7 cm³/mol. The number of ether oxygens (including phenoxy) is 1. The van der Waals surface area contributed by atoms with Crippen LogP contribution in [0.15, 0.2) is 22.8 Å². The monoisotopic (exact) mass is 325 g/mol. The number of nitrogens with one attached hydrogen (secondary N) is 1. The molecule has 0 radical (unpaired) electrons. The molecular weight excluding hydrogens is 298 g/mol. The number of carbonyl (C=O) groups excluding carboxylic acids is 1. The molecule has 0 saturated carbocycles. The van der Waals surface area contributed by atoms with E-state index in [0.717, 1.165) is 5.76 Å². The fraction of sp³-hybridized carbons (Fsp3) is 0.688. The summed E-state index contributed by atoms with van der Waals surface area (Å²) < 4.78 is 17.3. The van der Waals surface area contributed by atoms with Gasteiger partial charge in [0.25, 0.3) is 0 Å². The van der Waals surface area contributed by atoms with Crippen molar-refractivity contribution in [1.29, 1.82) is 0 Å². The molecule has 1 aromatic rings. The van der Waals surface area contributed by atoms with Gasteiger partial charge < -0.3 is 18.9 Å². The number of β-lactam (4-membered cyclic amide) rings is 1. The average molecular weight is 325 g/mol. The van der Waals surface area contributed by atoms with Crippen molar-refractivity contribution in [3.8, 4) is 0 Å². The van der Waals surface area contributed by atoms with Gasteiger partial charge in [0.2, 0.25) is 5.91 Å². The van der Waals surface area contributed by atoms with Crippen molar-refractivity contribution in [2.45, 2.75) is 64.8 Å². The summed E-state index contributed by atoms with van der Waals surface area (Å²) in [6.45, 7) is 13.3. The van der Waals surface area contributed by atoms with Crippen LogP contribution in [0.5, 0.6) is 0 Å². The highest BCUT2D eigenvalue weighted by Gasteiger charge is 2.48. The molecule has 22 heavy (non-hydrogen) atoms. The highest BCUT2D eigenvalue weighted by atomic mass is 28.4. The molecule has 0 spiro atoms. The van der Waals surface area contributed by atoms with E-state index in [1.807, 2.05) is 19.1 Å². The van der Waals surface area contributed by atoms with E-state index in [2.05, 4.69) is 39.2 Å². The molecule has 124 valence electrons. The van der Waals surface area contributed by atoms with Gasteiger partial charge in [0, 0.05) is 0 Å². The molecule has 0 aromatic carbocycles. The molecule has 0 bridgehead atoms. The molecule has 1 aliphatic rings. The van der Waals surface area contributed by atoms with Gasteiger partial charge in [-0.25, -0.2) is 0 Å². The second kappa shape index (κ2) is 6.18. The van der Waals surface area contributed by atoms with Gasteiger partial charge in [-0.1, -0.05) is 20.8 Å². The highest BCUT2D eigenvalue weighted by molar-refractivity contribution is 6.74. The molecule has 1 aromatic heterocycles. The van der Waals surface area contributed by atoms with E-state index in [-0.39, 0.29) is 29.2 Å². The molecule has 1 aliphatic heterocycles. The SMILES string of the molecule is C[C@@H](O[Si](C)(C)C(C)(C)C)[C@H]1C(=O)N[C@@H]1OCc1ccco1. The average Bonchev–Trinajstić information content (AvgIpc) is 2.84. The Hall–Kier alpha value is -1.11. The molecule has 1 fully saturated rings. The zero-order valence-electron chi connectivity index (χ0n) is 14.3. The maximum absolute atomic E-state index is 11.9. The first-order valence-corrected chi connectivity index (χ1v) is 10.6. The van der Waals surface area contributed by atoms with Crippen LogP contribution >= 0.6 is 0 Å².